The van der Waals surface area contributed by atoms with Crippen molar-refractivity contribution < 1.29 is 0 Å². The van der Waals surface area contributed by atoms with Gasteiger partial charge in [-0.25, -0.2) is 9.97 Å². The standard InChI is InChI=1S/C14H19BrN4/c1-2-4-14(5-3-6-16-9-14)13-18-11-7-10(15)8-17-12(11)19-13/h7-8,16H,2-6,9H2,1H3,(H,17,18,19). The Morgan fingerprint density at radius 3 is 3.11 bits per heavy atom. The average Bonchev–Trinajstić information content (AvgIpc) is 2.83. The van der Waals surface area contributed by atoms with E-state index in [4.69, 9.17) is 4.98 Å². The molecule has 102 valence electrons. The van der Waals surface area contributed by atoms with Gasteiger partial charge in [0, 0.05) is 22.6 Å². The van der Waals surface area contributed by atoms with Gasteiger partial charge in [0.25, 0.3) is 0 Å². The summed E-state index contributed by atoms with van der Waals surface area (Å²) in [6.07, 6.45) is 6.57. The predicted molar refractivity (Wildman–Crippen MR) is 80.3 cm³/mol. The summed E-state index contributed by atoms with van der Waals surface area (Å²) >= 11 is 3.46. The molecule has 0 saturated carbocycles. The molecule has 3 rings (SSSR count). The molecule has 1 fully saturated rings. The molecule has 2 aromatic rings. The van der Waals surface area contributed by atoms with Crippen molar-refractivity contribution in [2.24, 2.45) is 0 Å². The van der Waals surface area contributed by atoms with Crippen LogP contribution in [-0.2, 0) is 5.41 Å². The summed E-state index contributed by atoms with van der Waals surface area (Å²) in [6, 6.07) is 2.05. The van der Waals surface area contributed by atoms with Gasteiger partial charge in [-0.1, -0.05) is 13.3 Å². The lowest BCUT2D eigenvalue weighted by molar-refractivity contribution is 0.278. The third kappa shape index (κ3) is 2.41. The Balaban J connectivity index is 2.04. The molecule has 0 spiro atoms. The number of fused-ring (bicyclic) bond motifs is 1. The number of nitrogens with one attached hydrogen (secondary N) is 2. The first kappa shape index (κ1) is 13.1. The average molecular weight is 323 g/mol. The molecule has 0 bridgehead atoms. The largest absolute Gasteiger partial charge is 0.340 e. The molecular weight excluding hydrogens is 304 g/mol. The van der Waals surface area contributed by atoms with Crippen LogP contribution in [0, 0.1) is 0 Å². The lowest BCUT2D eigenvalue weighted by atomic mass is 9.76. The molecule has 3 heterocycles. The first-order chi connectivity index (χ1) is 9.23. The number of aromatic nitrogens is 3. The molecular formula is C14H19BrN4. The highest BCUT2D eigenvalue weighted by Crippen LogP contribution is 2.35. The molecule has 0 radical (unpaired) electrons. The summed E-state index contributed by atoms with van der Waals surface area (Å²) < 4.78 is 0.988. The SMILES string of the molecule is CCCC1(c2nc3ncc(Br)cc3[nH]2)CCCNC1. The van der Waals surface area contributed by atoms with Gasteiger partial charge < -0.3 is 10.3 Å². The first-order valence-electron chi connectivity index (χ1n) is 6.96. The smallest absolute Gasteiger partial charge is 0.177 e. The molecule has 5 heteroatoms. The first-order valence-corrected chi connectivity index (χ1v) is 7.75. The van der Waals surface area contributed by atoms with Crippen molar-refractivity contribution in [3.63, 3.8) is 0 Å². The fraction of sp³-hybridized carbons (Fsp3) is 0.571. The minimum absolute atomic E-state index is 0.153. The van der Waals surface area contributed by atoms with Crippen molar-refractivity contribution in [2.45, 2.75) is 38.0 Å². The highest BCUT2D eigenvalue weighted by molar-refractivity contribution is 9.10. The van der Waals surface area contributed by atoms with Crippen LogP contribution in [0.2, 0.25) is 0 Å². The van der Waals surface area contributed by atoms with E-state index in [9.17, 15) is 0 Å². The maximum absolute atomic E-state index is 4.74. The van der Waals surface area contributed by atoms with Crippen molar-refractivity contribution in [1.82, 2.24) is 20.3 Å². The predicted octanol–water partition coefficient (Wildman–Crippen LogP) is 3.14. The number of halogens is 1. The van der Waals surface area contributed by atoms with E-state index in [2.05, 4.69) is 44.2 Å². The van der Waals surface area contributed by atoms with Gasteiger partial charge in [0.05, 0.1) is 5.52 Å². The Morgan fingerprint density at radius 1 is 1.47 bits per heavy atom. The van der Waals surface area contributed by atoms with Gasteiger partial charge in [-0.15, -0.1) is 0 Å². The summed E-state index contributed by atoms with van der Waals surface area (Å²) in [7, 11) is 0. The zero-order chi connectivity index (χ0) is 13.3. The topological polar surface area (TPSA) is 53.6 Å². The second-order valence-electron chi connectivity index (χ2n) is 5.42. The van der Waals surface area contributed by atoms with Crippen LogP contribution < -0.4 is 5.32 Å². The van der Waals surface area contributed by atoms with Gasteiger partial charge in [-0.2, -0.15) is 0 Å². The summed E-state index contributed by atoms with van der Waals surface area (Å²) in [5, 5.41) is 3.53. The number of imidazole rings is 1. The van der Waals surface area contributed by atoms with E-state index < -0.39 is 0 Å². The lowest BCUT2D eigenvalue weighted by Crippen LogP contribution is -2.44. The number of nitrogens with zero attached hydrogens (tertiary/aromatic N) is 2. The monoisotopic (exact) mass is 322 g/mol. The number of pyridine rings is 1. The summed E-state index contributed by atoms with van der Waals surface area (Å²) in [4.78, 5) is 12.6. The van der Waals surface area contributed by atoms with Crippen molar-refractivity contribution >= 4 is 27.1 Å². The summed E-state index contributed by atoms with van der Waals surface area (Å²) in [5.41, 5.74) is 1.99. The molecule has 2 N–H and O–H groups in total. The molecule has 0 aromatic carbocycles. The maximum atomic E-state index is 4.74. The molecule has 1 atom stereocenters. The lowest BCUT2D eigenvalue weighted by Gasteiger charge is -2.35. The molecule has 0 aliphatic carbocycles. The molecule has 1 unspecified atom stereocenters. The Bertz CT molecular complexity index is 566. The number of hydrogen-bond donors (Lipinski definition) is 2. The molecule has 2 aromatic heterocycles. The minimum atomic E-state index is 0.153. The normalized spacial score (nSPS) is 23.9. The van der Waals surface area contributed by atoms with Crippen LogP contribution in [0.1, 0.15) is 38.4 Å². The van der Waals surface area contributed by atoms with E-state index in [1.807, 2.05) is 0 Å². The molecule has 1 saturated heterocycles. The zero-order valence-corrected chi connectivity index (χ0v) is 12.8. The Hall–Kier alpha value is -0.940. The van der Waals surface area contributed by atoms with Gasteiger partial charge in [0.1, 0.15) is 5.82 Å². The molecule has 1 aliphatic rings. The molecule has 19 heavy (non-hydrogen) atoms. The number of rotatable bonds is 3. The van der Waals surface area contributed by atoms with E-state index in [0.717, 1.165) is 34.6 Å². The van der Waals surface area contributed by atoms with Crippen molar-refractivity contribution in [3.8, 4) is 0 Å². The fourth-order valence-corrected chi connectivity index (χ4v) is 3.44. The van der Waals surface area contributed by atoms with E-state index in [-0.39, 0.29) is 5.41 Å². The highest BCUT2D eigenvalue weighted by atomic mass is 79.9. The fourth-order valence-electron chi connectivity index (χ4n) is 3.11. The molecule has 4 nitrogen and oxygen atoms in total. The van der Waals surface area contributed by atoms with Crippen LogP contribution in [-0.4, -0.2) is 28.0 Å². The summed E-state index contributed by atoms with van der Waals surface area (Å²) in [5.74, 6) is 1.10. The van der Waals surface area contributed by atoms with Crippen LogP contribution in [0.3, 0.4) is 0 Å². The zero-order valence-electron chi connectivity index (χ0n) is 11.2. The molecule has 0 amide bonds. The third-order valence-electron chi connectivity index (χ3n) is 4.01. The number of H-pyrrole nitrogens is 1. The van der Waals surface area contributed by atoms with Crippen LogP contribution in [0.5, 0.6) is 0 Å². The van der Waals surface area contributed by atoms with E-state index in [1.165, 1.54) is 25.7 Å². The van der Waals surface area contributed by atoms with E-state index in [0.29, 0.717) is 0 Å². The Labute approximate surface area is 121 Å². The number of hydrogen-bond acceptors (Lipinski definition) is 3. The summed E-state index contributed by atoms with van der Waals surface area (Å²) in [6.45, 7) is 4.38. The van der Waals surface area contributed by atoms with Gasteiger partial charge >= 0.3 is 0 Å². The van der Waals surface area contributed by atoms with Gasteiger partial charge in [0.15, 0.2) is 5.65 Å². The molecule has 1 aliphatic heterocycles. The van der Waals surface area contributed by atoms with Crippen LogP contribution in [0.25, 0.3) is 11.2 Å². The third-order valence-corrected chi connectivity index (χ3v) is 4.44. The van der Waals surface area contributed by atoms with Crippen molar-refractivity contribution in [3.05, 3.63) is 22.6 Å². The minimum Gasteiger partial charge on any atom is -0.340 e. The van der Waals surface area contributed by atoms with Gasteiger partial charge in [0.2, 0.25) is 0 Å². The quantitative estimate of drug-likeness (QED) is 0.912. The van der Waals surface area contributed by atoms with Crippen molar-refractivity contribution in [2.75, 3.05) is 13.1 Å². The number of aromatic amines is 1. The van der Waals surface area contributed by atoms with Gasteiger partial charge in [-0.3, -0.25) is 0 Å². The van der Waals surface area contributed by atoms with Crippen LogP contribution in [0.4, 0.5) is 0 Å². The second kappa shape index (κ2) is 5.21. The van der Waals surface area contributed by atoms with Gasteiger partial charge in [-0.05, 0) is 47.8 Å². The second-order valence-corrected chi connectivity index (χ2v) is 6.34. The van der Waals surface area contributed by atoms with Crippen molar-refractivity contribution in [1.29, 1.82) is 0 Å². The Kier molecular flexibility index (Phi) is 3.58. The maximum Gasteiger partial charge on any atom is 0.177 e. The van der Waals surface area contributed by atoms with E-state index >= 15 is 0 Å². The highest BCUT2D eigenvalue weighted by Gasteiger charge is 2.36. The Morgan fingerprint density at radius 2 is 2.37 bits per heavy atom. The number of piperidine rings is 1. The van der Waals surface area contributed by atoms with Crippen LogP contribution in [0.15, 0.2) is 16.7 Å². The van der Waals surface area contributed by atoms with E-state index in [1.54, 1.807) is 6.20 Å². The van der Waals surface area contributed by atoms with Crippen LogP contribution >= 0.6 is 15.9 Å².